The zero-order valence-electron chi connectivity index (χ0n) is 12.9. The van der Waals surface area contributed by atoms with Crippen LogP contribution in [0.5, 0.6) is 0 Å². The van der Waals surface area contributed by atoms with Gasteiger partial charge in [-0.25, -0.2) is 9.97 Å². The first-order valence-corrected chi connectivity index (χ1v) is 8.08. The van der Waals surface area contributed by atoms with Crippen LogP contribution in [0.1, 0.15) is 31.4 Å². The molecule has 0 bridgehead atoms. The summed E-state index contributed by atoms with van der Waals surface area (Å²) in [5, 5.41) is 0. The van der Waals surface area contributed by atoms with Gasteiger partial charge in [-0.3, -0.25) is 4.79 Å². The Bertz CT molecular complexity index is 502. The Labute approximate surface area is 131 Å². The van der Waals surface area contributed by atoms with Crippen molar-refractivity contribution in [2.24, 2.45) is 11.7 Å². The fourth-order valence-electron chi connectivity index (χ4n) is 3.46. The molecule has 1 amide bonds. The Kier molecular flexibility index (Phi) is 4.69. The summed E-state index contributed by atoms with van der Waals surface area (Å²) in [6.07, 6.45) is 7.82. The minimum absolute atomic E-state index is 0.100. The minimum Gasteiger partial charge on any atom is -0.379 e. The van der Waals surface area contributed by atoms with E-state index in [-0.39, 0.29) is 11.8 Å². The Balaban J connectivity index is 1.66. The van der Waals surface area contributed by atoms with Gasteiger partial charge in [0.05, 0.1) is 18.8 Å². The maximum atomic E-state index is 12.8. The van der Waals surface area contributed by atoms with E-state index in [9.17, 15) is 4.79 Å². The zero-order valence-corrected chi connectivity index (χ0v) is 12.9. The smallest absolute Gasteiger partial charge is 0.242 e. The lowest BCUT2D eigenvalue weighted by Crippen LogP contribution is -2.54. The standard InChI is InChI=1S/C16H24N4O2/c17-16(4-1-2-5-16)15(21)20-7-8-22-11-13(10-20)9-14-3-6-18-12-19-14/h3,6,12-13H,1-2,4-5,7-11,17H2/t13-/m0/s1. The number of aromatic nitrogens is 2. The molecular weight excluding hydrogens is 280 g/mol. The number of carbonyl (C=O) groups excluding carboxylic acids is 1. The first kappa shape index (κ1) is 15.4. The molecule has 1 aliphatic carbocycles. The molecule has 1 atom stereocenters. The summed E-state index contributed by atoms with van der Waals surface area (Å²) in [4.78, 5) is 22.9. The van der Waals surface area contributed by atoms with E-state index in [1.807, 2.05) is 11.0 Å². The maximum absolute atomic E-state index is 12.8. The van der Waals surface area contributed by atoms with Gasteiger partial charge in [0.2, 0.25) is 5.91 Å². The average Bonchev–Trinajstić information content (AvgIpc) is 2.85. The van der Waals surface area contributed by atoms with Gasteiger partial charge in [0.15, 0.2) is 0 Å². The molecule has 1 aromatic rings. The molecule has 3 rings (SSSR count). The summed E-state index contributed by atoms with van der Waals surface area (Å²) in [7, 11) is 0. The molecule has 0 radical (unpaired) electrons. The zero-order chi connectivity index (χ0) is 15.4. The van der Waals surface area contributed by atoms with Gasteiger partial charge in [0.25, 0.3) is 0 Å². The maximum Gasteiger partial charge on any atom is 0.242 e. The van der Waals surface area contributed by atoms with Crippen molar-refractivity contribution in [3.05, 3.63) is 24.3 Å². The average molecular weight is 304 g/mol. The predicted molar refractivity (Wildman–Crippen MR) is 82.0 cm³/mol. The van der Waals surface area contributed by atoms with Crippen LogP contribution in [0, 0.1) is 5.92 Å². The summed E-state index contributed by atoms with van der Waals surface area (Å²) in [5.41, 5.74) is 6.67. The van der Waals surface area contributed by atoms with Crippen LogP contribution < -0.4 is 5.73 Å². The molecule has 1 saturated heterocycles. The van der Waals surface area contributed by atoms with Crippen LogP contribution in [0.2, 0.25) is 0 Å². The van der Waals surface area contributed by atoms with Crippen molar-refractivity contribution in [1.29, 1.82) is 0 Å². The topological polar surface area (TPSA) is 81.3 Å². The van der Waals surface area contributed by atoms with E-state index < -0.39 is 5.54 Å². The van der Waals surface area contributed by atoms with Gasteiger partial charge in [0, 0.05) is 30.9 Å². The van der Waals surface area contributed by atoms with E-state index >= 15 is 0 Å². The second kappa shape index (κ2) is 6.71. The van der Waals surface area contributed by atoms with Crippen LogP contribution in [-0.2, 0) is 16.0 Å². The van der Waals surface area contributed by atoms with E-state index in [0.29, 0.717) is 26.3 Å². The molecule has 0 aromatic carbocycles. The number of nitrogens with two attached hydrogens (primary N) is 1. The Morgan fingerprint density at radius 1 is 1.45 bits per heavy atom. The number of hydrogen-bond donors (Lipinski definition) is 1. The van der Waals surface area contributed by atoms with Crippen LogP contribution in [-0.4, -0.2) is 52.6 Å². The highest BCUT2D eigenvalue weighted by Crippen LogP contribution is 2.29. The van der Waals surface area contributed by atoms with Crippen LogP contribution in [0.3, 0.4) is 0 Å². The number of hydrogen-bond acceptors (Lipinski definition) is 5. The fraction of sp³-hybridized carbons (Fsp3) is 0.688. The van der Waals surface area contributed by atoms with Gasteiger partial charge in [-0.1, -0.05) is 12.8 Å². The number of amides is 1. The van der Waals surface area contributed by atoms with Crippen molar-refractivity contribution in [3.63, 3.8) is 0 Å². The number of ether oxygens (including phenoxy) is 1. The molecule has 2 heterocycles. The van der Waals surface area contributed by atoms with Gasteiger partial charge in [-0.05, 0) is 25.3 Å². The van der Waals surface area contributed by atoms with Gasteiger partial charge < -0.3 is 15.4 Å². The molecule has 2 N–H and O–H groups in total. The lowest BCUT2D eigenvalue weighted by molar-refractivity contribution is -0.137. The van der Waals surface area contributed by atoms with Crippen molar-refractivity contribution < 1.29 is 9.53 Å². The normalized spacial score (nSPS) is 25.0. The molecule has 0 unspecified atom stereocenters. The molecule has 1 saturated carbocycles. The van der Waals surface area contributed by atoms with Crippen LogP contribution >= 0.6 is 0 Å². The van der Waals surface area contributed by atoms with Crippen molar-refractivity contribution in [2.75, 3.05) is 26.3 Å². The van der Waals surface area contributed by atoms with Gasteiger partial charge in [-0.2, -0.15) is 0 Å². The molecule has 1 aliphatic heterocycles. The number of nitrogens with zero attached hydrogens (tertiary/aromatic N) is 3. The molecular formula is C16H24N4O2. The second-order valence-electron chi connectivity index (χ2n) is 6.46. The van der Waals surface area contributed by atoms with Crippen molar-refractivity contribution in [2.45, 2.75) is 37.6 Å². The summed E-state index contributed by atoms with van der Waals surface area (Å²) >= 11 is 0. The van der Waals surface area contributed by atoms with Crippen molar-refractivity contribution in [3.8, 4) is 0 Å². The van der Waals surface area contributed by atoms with E-state index in [2.05, 4.69) is 9.97 Å². The summed E-state index contributed by atoms with van der Waals surface area (Å²) < 4.78 is 5.68. The molecule has 2 aliphatic rings. The monoisotopic (exact) mass is 304 g/mol. The molecule has 6 heteroatoms. The summed E-state index contributed by atoms with van der Waals surface area (Å²) in [5.74, 6) is 0.356. The molecule has 0 spiro atoms. The quantitative estimate of drug-likeness (QED) is 0.892. The highest BCUT2D eigenvalue weighted by Gasteiger charge is 2.40. The van der Waals surface area contributed by atoms with Gasteiger partial charge >= 0.3 is 0 Å². The largest absolute Gasteiger partial charge is 0.379 e. The van der Waals surface area contributed by atoms with Crippen molar-refractivity contribution in [1.82, 2.24) is 14.9 Å². The molecule has 22 heavy (non-hydrogen) atoms. The van der Waals surface area contributed by atoms with Gasteiger partial charge in [0.1, 0.15) is 6.33 Å². The third-order valence-electron chi connectivity index (χ3n) is 4.69. The summed E-state index contributed by atoms with van der Waals surface area (Å²) in [6, 6.07) is 1.92. The molecule has 1 aromatic heterocycles. The van der Waals surface area contributed by atoms with E-state index in [1.54, 1.807) is 12.5 Å². The molecule has 120 valence electrons. The minimum atomic E-state index is -0.649. The lowest BCUT2D eigenvalue weighted by atomic mass is 9.96. The van der Waals surface area contributed by atoms with Crippen LogP contribution in [0.15, 0.2) is 18.6 Å². The third-order valence-corrected chi connectivity index (χ3v) is 4.69. The van der Waals surface area contributed by atoms with Crippen molar-refractivity contribution >= 4 is 5.91 Å². The Morgan fingerprint density at radius 2 is 2.27 bits per heavy atom. The number of rotatable bonds is 3. The first-order chi connectivity index (χ1) is 10.7. The lowest BCUT2D eigenvalue weighted by Gasteiger charge is -2.31. The highest BCUT2D eigenvalue weighted by atomic mass is 16.5. The van der Waals surface area contributed by atoms with E-state index in [4.69, 9.17) is 10.5 Å². The SMILES string of the molecule is NC1(C(=O)N2CCOC[C@@H](Cc3ccncn3)C2)CCCC1. The number of carbonyl (C=O) groups is 1. The predicted octanol–water partition coefficient (Wildman–Crippen LogP) is 0.766. The Morgan fingerprint density at radius 3 is 3.00 bits per heavy atom. The second-order valence-corrected chi connectivity index (χ2v) is 6.46. The highest BCUT2D eigenvalue weighted by molar-refractivity contribution is 5.86. The van der Waals surface area contributed by atoms with Gasteiger partial charge in [-0.15, -0.1) is 0 Å². The van der Waals surface area contributed by atoms with E-state index in [0.717, 1.165) is 37.8 Å². The summed E-state index contributed by atoms with van der Waals surface area (Å²) in [6.45, 7) is 2.58. The third kappa shape index (κ3) is 3.44. The molecule has 6 nitrogen and oxygen atoms in total. The molecule has 2 fully saturated rings. The van der Waals surface area contributed by atoms with Crippen LogP contribution in [0.25, 0.3) is 0 Å². The fourth-order valence-corrected chi connectivity index (χ4v) is 3.46. The van der Waals surface area contributed by atoms with Crippen LogP contribution in [0.4, 0.5) is 0 Å². The van der Waals surface area contributed by atoms with E-state index in [1.165, 1.54) is 0 Å². The first-order valence-electron chi connectivity index (χ1n) is 8.08. The Hall–Kier alpha value is -1.53.